The molecule has 1 unspecified atom stereocenters. The number of rotatable bonds is 5. The highest BCUT2D eigenvalue weighted by Crippen LogP contribution is 2.26. The van der Waals surface area contributed by atoms with Crippen molar-refractivity contribution >= 4 is 23.3 Å². The highest BCUT2D eigenvalue weighted by Gasteiger charge is 2.20. The molecule has 19 heavy (non-hydrogen) atoms. The van der Waals surface area contributed by atoms with Crippen LogP contribution in [0.3, 0.4) is 0 Å². The third-order valence-electron chi connectivity index (χ3n) is 2.42. The maximum Gasteiger partial charge on any atom is 0.325 e. The zero-order chi connectivity index (χ0) is 14.6. The van der Waals surface area contributed by atoms with Gasteiger partial charge in [-0.15, -0.1) is 0 Å². The second kappa shape index (κ2) is 5.80. The predicted octanol–water partition coefficient (Wildman–Crippen LogP) is 0.839. The van der Waals surface area contributed by atoms with Gasteiger partial charge in [0.15, 0.2) is 0 Å². The molecule has 0 bridgehead atoms. The largest absolute Gasteiger partial charge is 0.480 e. The number of hydrogen-bond acceptors (Lipinski definition) is 5. The SMILES string of the molecule is CNC(=O)c1ccc([N+](=O)[O-])c(NC(C)C(=O)O)c1. The second-order valence-corrected chi connectivity index (χ2v) is 3.77. The molecule has 0 saturated carbocycles. The zero-order valence-electron chi connectivity index (χ0n) is 10.3. The molecule has 0 fully saturated rings. The summed E-state index contributed by atoms with van der Waals surface area (Å²) in [6.07, 6.45) is 0. The molecule has 0 spiro atoms. The van der Waals surface area contributed by atoms with Crippen LogP contribution in [0.25, 0.3) is 0 Å². The normalized spacial score (nSPS) is 11.5. The summed E-state index contributed by atoms with van der Waals surface area (Å²) in [6.45, 7) is 1.35. The summed E-state index contributed by atoms with van der Waals surface area (Å²) in [7, 11) is 1.43. The van der Waals surface area contributed by atoms with Gasteiger partial charge in [-0.3, -0.25) is 19.7 Å². The van der Waals surface area contributed by atoms with Gasteiger partial charge >= 0.3 is 5.97 Å². The van der Waals surface area contributed by atoms with E-state index in [1.807, 2.05) is 0 Å². The minimum absolute atomic E-state index is 0.0130. The molecule has 0 heterocycles. The Morgan fingerprint density at radius 3 is 2.53 bits per heavy atom. The lowest BCUT2D eigenvalue weighted by molar-refractivity contribution is -0.384. The molecular formula is C11H13N3O5. The summed E-state index contributed by atoms with van der Waals surface area (Å²) in [6, 6.07) is 2.68. The molecule has 0 aliphatic carbocycles. The van der Waals surface area contributed by atoms with Gasteiger partial charge in [-0.25, -0.2) is 0 Å². The van der Waals surface area contributed by atoms with Crippen molar-refractivity contribution < 1.29 is 19.6 Å². The number of aliphatic carboxylic acids is 1. The van der Waals surface area contributed by atoms with E-state index in [4.69, 9.17) is 5.11 Å². The number of anilines is 1. The molecule has 1 aromatic carbocycles. The Bertz CT molecular complexity index is 529. The first kappa shape index (κ1) is 14.4. The van der Waals surface area contributed by atoms with Crippen LogP contribution >= 0.6 is 0 Å². The lowest BCUT2D eigenvalue weighted by Gasteiger charge is -2.12. The van der Waals surface area contributed by atoms with Crippen LogP contribution in [0.5, 0.6) is 0 Å². The summed E-state index contributed by atoms with van der Waals surface area (Å²) in [5.41, 5.74) is -0.102. The summed E-state index contributed by atoms with van der Waals surface area (Å²) in [5.74, 6) is -1.57. The van der Waals surface area contributed by atoms with Crippen LogP contribution in [0.15, 0.2) is 18.2 Å². The Kier molecular flexibility index (Phi) is 4.41. The van der Waals surface area contributed by atoms with Crippen LogP contribution in [-0.4, -0.2) is 35.0 Å². The van der Waals surface area contributed by atoms with Gasteiger partial charge in [0.1, 0.15) is 11.7 Å². The number of amides is 1. The minimum Gasteiger partial charge on any atom is -0.480 e. The van der Waals surface area contributed by atoms with E-state index in [2.05, 4.69) is 10.6 Å². The fourth-order valence-electron chi connectivity index (χ4n) is 1.39. The van der Waals surface area contributed by atoms with Gasteiger partial charge in [0.25, 0.3) is 11.6 Å². The van der Waals surface area contributed by atoms with Crippen LogP contribution in [0.2, 0.25) is 0 Å². The van der Waals surface area contributed by atoms with Gasteiger partial charge in [-0.2, -0.15) is 0 Å². The number of carboxylic acids is 1. The van der Waals surface area contributed by atoms with Crippen LogP contribution in [0.1, 0.15) is 17.3 Å². The van der Waals surface area contributed by atoms with Gasteiger partial charge in [0.05, 0.1) is 4.92 Å². The lowest BCUT2D eigenvalue weighted by atomic mass is 10.1. The van der Waals surface area contributed by atoms with E-state index in [9.17, 15) is 19.7 Å². The van der Waals surface area contributed by atoms with Crippen molar-refractivity contribution in [3.63, 3.8) is 0 Å². The molecule has 0 radical (unpaired) electrons. The van der Waals surface area contributed by atoms with E-state index in [1.165, 1.54) is 26.1 Å². The van der Waals surface area contributed by atoms with E-state index in [0.717, 1.165) is 6.07 Å². The monoisotopic (exact) mass is 267 g/mol. The number of carboxylic acid groups (broad SMARTS) is 1. The summed E-state index contributed by atoms with van der Waals surface area (Å²) >= 11 is 0. The molecule has 3 N–H and O–H groups in total. The Morgan fingerprint density at radius 1 is 1.42 bits per heavy atom. The molecule has 8 heteroatoms. The van der Waals surface area contributed by atoms with E-state index in [-0.39, 0.29) is 16.9 Å². The standard InChI is InChI=1S/C11H13N3O5/c1-6(11(16)17)13-8-5-7(10(15)12-2)3-4-9(8)14(18)19/h3-6,13H,1-2H3,(H,12,15)(H,16,17). The van der Waals surface area contributed by atoms with E-state index in [0.29, 0.717) is 0 Å². The highest BCUT2D eigenvalue weighted by molar-refractivity contribution is 5.96. The highest BCUT2D eigenvalue weighted by atomic mass is 16.6. The molecule has 1 amide bonds. The average Bonchev–Trinajstić information content (AvgIpc) is 2.37. The van der Waals surface area contributed by atoms with E-state index >= 15 is 0 Å². The van der Waals surface area contributed by atoms with Crippen LogP contribution in [0, 0.1) is 10.1 Å². The third kappa shape index (κ3) is 3.41. The number of hydrogen-bond donors (Lipinski definition) is 3. The number of nitrogens with one attached hydrogen (secondary N) is 2. The first-order valence-corrected chi connectivity index (χ1v) is 5.36. The van der Waals surface area contributed by atoms with Crippen LogP contribution in [-0.2, 0) is 4.79 Å². The smallest absolute Gasteiger partial charge is 0.325 e. The Labute approximate surface area is 108 Å². The number of nitro benzene ring substituents is 1. The first-order valence-electron chi connectivity index (χ1n) is 5.36. The maximum absolute atomic E-state index is 11.4. The van der Waals surface area contributed by atoms with Crippen molar-refractivity contribution in [2.24, 2.45) is 0 Å². The minimum atomic E-state index is -1.15. The average molecular weight is 267 g/mol. The molecule has 8 nitrogen and oxygen atoms in total. The summed E-state index contributed by atoms with van der Waals surface area (Å²) in [5, 5.41) is 24.5. The van der Waals surface area contributed by atoms with Crippen molar-refractivity contribution in [3.05, 3.63) is 33.9 Å². The Hall–Kier alpha value is -2.64. The molecule has 0 saturated heterocycles. The Balaban J connectivity index is 3.19. The molecular weight excluding hydrogens is 254 g/mol. The molecule has 0 aliphatic heterocycles. The van der Waals surface area contributed by atoms with E-state index in [1.54, 1.807) is 0 Å². The second-order valence-electron chi connectivity index (χ2n) is 3.77. The van der Waals surface area contributed by atoms with Gasteiger partial charge < -0.3 is 15.7 Å². The van der Waals surface area contributed by atoms with Crippen molar-refractivity contribution in [2.75, 3.05) is 12.4 Å². The summed E-state index contributed by atoms with van der Waals surface area (Å²) in [4.78, 5) is 32.4. The summed E-state index contributed by atoms with van der Waals surface area (Å²) < 4.78 is 0. The maximum atomic E-state index is 11.4. The fraction of sp³-hybridized carbons (Fsp3) is 0.273. The molecule has 1 atom stereocenters. The number of benzene rings is 1. The number of carbonyl (C=O) groups excluding carboxylic acids is 1. The fourth-order valence-corrected chi connectivity index (χ4v) is 1.39. The van der Waals surface area contributed by atoms with Crippen LogP contribution < -0.4 is 10.6 Å². The number of nitrogens with zero attached hydrogens (tertiary/aromatic N) is 1. The predicted molar refractivity (Wildman–Crippen MR) is 67.2 cm³/mol. The van der Waals surface area contributed by atoms with Crippen molar-refractivity contribution in [1.29, 1.82) is 0 Å². The molecule has 1 rings (SSSR count). The number of nitro groups is 1. The van der Waals surface area contributed by atoms with Crippen molar-refractivity contribution in [1.82, 2.24) is 5.32 Å². The van der Waals surface area contributed by atoms with Crippen molar-refractivity contribution in [2.45, 2.75) is 13.0 Å². The molecule has 102 valence electrons. The number of carbonyl (C=O) groups is 2. The van der Waals surface area contributed by atoms with Gasteiger partial charge in [-0.1, -0.05) is 0 Å². The molecule has 1 aromatic rings. The molecule has 0 aliphatic rings. The van der Waals surface area contributed by atoms with E-state index < -0.39 is 22.8 Å². The first-order chi connectivity index (χ1) is 8.86. The van der Waals surface area contributed by atoms with Crippen LogP contribution in [0.4, 0.5) is 11.4 Å². The quantitative estimate of drug-likeness (QED) is 0.536. The van der Waals surface area contributed by atoms with Gasteiger partial charge in [0.2, 0.25) is 0 Å². The molecule has 0 aromatic heterocycles. The lowest BCUT2D eigenvalue weighted by Crippen LogP contribution is -2.26. The zero-order valence-corrected chi connectivity index (χ0v) is 10.3. The van der Waals surface area contributed by atoms with Crippen molar-refractivity contribution in [3.8, 4) is 0 Å². The van der Waals surface area contributed by atoms with Gasteiger partial charge in [-0.05, 0) is 19.1 Å². The Morgan fingerprint density at radius 2 is 2.05 bits per heavy atom. The topological polar surface area (TPSA) is 122 Å². The van der Waals surface area contributed by atoms with Gasteiger partial charge in [0, 0.05) is 18.7 Å². The third-order valence-corrected chi connectivity index (χ3v) is 2.42.